The third-order valence-electron chi connectivity index (χ3n) is 2.88. The fourth-order valence-corrected chi connectivity index (χ4v) is 2.62. The van der Waals surface area contributed by atoms with Crippen LogP contribution in [-0.2, 0) is 22.7 Å². The molecule has 3 nitrogen and oxygen atoms in total. The van der Waals surface area contributed by atoms with Gasteiger partial charge in [0.2, 0.25) is 0 Å². The largest absolute Gasteiger partial charge is 0.330 e. The zero-order valence-electron chi connectivity index (χ0n) is 11.3. The molecule has 0 aromatic heterocycles. The van der Waals surface area contributed by atoms with Crippen LogP contribution in [0.1, 0.15) is 29.5 Å². The number of sulfone groups is 1. The Kier molecular flexibility index (Phi) is 5.82. The van der Waals surface area contributed by atoms with Gasteiger partial charge in [0.05, 0.1) is 5.75 Å². The van der Waals surface area contributed by atoms with E-state index in [0.29, 0.717) is 6.42 Å². The van der Waals surface area contributed by atoms with Crippen molar-refractivity contribution in [1.29, 1.82) is 0 Å². The van der Waals surface area contributed by atoms with Gasteiger partial charge in [0.15, 0.2) is 0 Å². The molecule has 1 aromatic rings. The third kappa shape index (κ3) is 6.17. The first-order chi connectivity index (χ1) is 8.40. The number of aryl methyl sites for hydroxylation is 3. The second kappa shape index (κ2) is 6.90. The maximum atomic E-state index is 11.2. The highest BCUT2D eigenvalue weighted by Crippen LogP contribution is 2.13. The van der Waals surface area contributed by atoms with Gasteiger partial charge in [0.25, 0.3) is 0 Å². The number of nitrogens with two attached hydrogens (primary N) is 1. The topological polar surface area (TPSA) is 60.2 Å². The lowest BCUT2D eigenvalue weighted by atomic mass is 10.0. The van der Waals surface area contributed by atoms with Crippen LogP contribution >= 0.6 is 0 Å². The maximum Gasteiger partial charge on any atom is 0.147 e. The van der Waals surface area contributed by atoms with E-state index in [1.54, 1.807) is 0 Å². The fraction of sp³-hybridized carbons (Fsp3) is 0.571. The van der Waals surface area contributed by atoms with E-state index in [9.17, 15) is 8.42 Å². The Balaban J connectivity index is 2.68. The van der Waals surface area contributed by atoms with E-state index in [0.717, 1.165) is 31.4 Å². The Bertz CT molecular complexity index is 481. The fourth-order valence-electron chi connectivity index (χ4n) is 2.01. The standard InChI is InChI=1S/C14H23NO2S/c1-12-9-13(5-3-4-7-15)11-14(10-12)6-8-18(2,16)17/h9-11H,3-8,15H2,1-2H3. The van der Waals surface area contributed by atoms with Crippen LogP contribution in [0.25, 0.3) is 0 Å². The summed E-state index contributed by atoms with van der Waals surface area (Å²) in [5.74, 6) is 0.221. The van der Waals surface area contributed by atoms with Gasteiger partial charge in [-0.25, -0.2) is 8.42 Å². The van der Waals surface area contributed by atoms with Crippen molar-refractivity contribution in [2.24, 2.45) is 5.73 Å². The molecule has 0 aliphatic rings. The first kappa shape index (κ1) is 15.2. The summed E-state index contributed by atoms with van der Waals surface area (Å²) in [6.07, 6.45) is 5.03. The smallest absolute Gasteiger partial charge is 0.147 e. The van der Waals surface area contributed by atoms with Crippen LogP contribution in [0.4, 0.5) is 0 Å². The summed E-state index contributed by atoms with van der Waals surface area (Å²) in [6.45, 7) is 2.78. The van der Waals surface area contributed by atoms with Crippen LogP contribution in [0.3, 0.4) is 0 Å². The molecule has 1 aromatic carbocycles. The van der Waals surface area contributed by atoms with E-state index in [-0.39, 0.29) is 5.75 Å². The second-order valence-corrected chi connectivity index (χ2v) is 7.21. The van der Waals surface area contributed by atoms with E-state index < -0.39 is 9.84 Å². The van der Waals surface area contributed by atoms with E-state index >= 15 is 0 Å². The van der Waals surface area contributed by atoms with Crippen LogP contribution in [0.2, 0.25) is 0 Å². The van der Waals surface area contributed by atoms with Crippen molar-refractivity contribution in [2.45, 2.75) is 32.6 Å². The summed E-state index contributed by atoms with van der Waals surface area (Å²) in [5, 5.41) is 0. The molecule has 0 atom stereocenters. The molecule has 1 rings (SSSR count). The van der Waals surface area contributed by atoms with Crippen molar-refractivity contribution >= 4 is 9.84 Å². The van der Waals surface area contributed by atoms with E-state index in [2.05, 4.69) is 25.1 Å². The van der Waals surface area contributed by atoms with Crippen LogP contribution in [-0.4, -0.2) is 27.0 Å². The molecule has 0 unspecified atom stereocenters. The van der Waals surface area contributed by atoms with Gasteiger partial charge in [0, 0.05) is 6.26 Å². The zero-order valence-corrected chi connectivity index (χ0v) is 12.1. The maximum absolute atomic E-state index is 11.2. The molecule has 0 saturated carbocycles. The van der Waals surface area contributed by atoms with Crippen molar-refractivity contribution in [3.05, 3.63) is 34.9 Å². The summed E-state index contributed by atoms with van der Waals surface area (Å²) in [4.78, 5) is 0. The Hall–Kier alpha value is -0.870. The number of benzene rings is 1. The SMILES string of the molecule is Cc1cc(CCCCN)cc(CCS(C)(=O)=O)c1. The van der Waals surface area contributed by atoms with Crippen molar-refractivity contribution in [3.8, 4) is 0 Å². The van der Waals surface area contributed by atoms with Crippen LogP contribution in [0.5, 0.6) is 0 Å². The molecule has 0 heterocycles. The van der Waals surface area contributed by atoms with Crippen LogP contribution in [0, 0.1) is 6.92 Å². The lowest BCUT2D eigenvalue weighted by Crippen LogP contribution is -2.06. The van der Waals surface area contributed by atoms with E-state index in [4.69, 9.17) is 5.73 Å². The zero-order chi connectivity index (χ0) is 13.6. The minimum absolute atomic E-state index is 0.221. The number of hydrogen-bond acceptors (Lipinski definition) is 3. The van der Waals surface area contributed by atoms with Gasteiger partial charge in [-0.15, -0.1) is 0 Å². The third-order valence-corrected chi connectivity index (χ3v) is 3.82. The molecule has 0 amide bonds. The molecule has 0 bridgehead atoms. The van der Waals surface area contributed by atoms with Gasteiger partial charge in [-0.05, 0) is 50.3 Å². The van der Waals surface area contributed by atoms with Crippen molar-refractivity contribution < 1.29 is 8.42 Å². The predicted molar refractivity (Wildman–Crippen MR) is 76.6 cm³/mol. The van der Waals surface area contributed by atoms with E-state index in [1.807, 2.05) is 0 Å². The number of rotatable bonds is 7. The molecule has 0 aliphatic carbocycles. The number of unbranched alkanes of at least 4 members (excludes halogenated alkanes) is 1. The predicted octanol–water partition coefficient (Wildman–Crippen LogP) is 1.86. The molecule has 0 aliphatic heterocycles. The monoisotopic (exact) mass is 269 g/mol. The Labute approximate surface area is 110 Å². The molecule has 4 heteroatoms. The molecule has 0 radical (unpaired) electrons. The van der Waals surface area contributed by atoms with E-state index in [1.165, 1.54) is 17.4 Å². The van der Waals surface area contributed by atoms with Gasteiger partial charge in [-0.2, -0.15) is 0 Å². The summed E-state index contributed by atoms with van der Waals surface area (Å²) in [7, 11) is -2.89. The van der Waals surface area contributed by atoms with Gasteiger partial charge in [-0.3, -0.25) is 0 Å². The highest BCUT2D eigenvalue weighted by atomic mass is 32.2. The molecule has 0 spiro atoms. The highest BCUT2D eigenvalue weighted by Gasteiger charge is 2.05. The molecule has 0 saturated heterocycles. The van der Waals surface area contributed by atoms with Crippen LogP contribution in [0.15, 0.2) is 18.2 Å². The van der Waals surface area contributed by atoms with Crippen molar-refractivity contribution in [3.63, 3.8) is 0 Å². The summed E-state index contributed by atoms with van der Waals surface area (Å²) >= 11 is 0. The lowest BCUT2D eigenvalue weighted by Gasteiger charge is -2.07. The average Bonchev–Trinajstić information content (AvgIpc) is 2.25. The van der Waals surface area contributed by atoms with Gasteiger partial charge < -0.3 is 5.73 Å². The minimum atomic E-state index is -2.89. The Morgan fingerprint density at radius 2 is 1.67 bits per heavy atom. The van der Waals surface area contributed by atoms with Gasteiger partial charge >= 0.3 is 0 Å². The minimum Gasteiger partial charge on any atom is -0.330 e. The molecular formula is C14H23NO2S. The first-order valence-corrected chi connectivity index (χ1v) is 8.44. The lowest BCUT2D eigenvalue weighted by molar-refractivity contribution is 0.601. The Morgan fingerprint density at radius 1 is 1.06 bits per heavy atom. The molecular weight excluding hydrogens is 246 g/mol. The summed E-state index contributed by atoms with van der Waals surface area (Å²) < 4.78 is 22.3. The van der Waals surface area contributed by atoms with Gasteiger partial charge in [0.1, 0.15) is 9.84 Å². The summed E-state index contributed by atoms with van der Waals surface area (Å²) in [5.41, 5.74) is 9.08. The summed E-state index contributed by atoms with van der Waals surface area (Å²) in [6, 6.07) is 6.35. The quantitative estimate of drug-likeness (QED) is 0.769. The Morgan fingerprint density at radius 3 is 2.22 bits per heavy atom. The molecule has 2 N–H and O–H groups in total. The molecule has 0 fully saturated rings. The highest BCUT2D eigenvalue weighted by molar-refractivity contribution is 7.90. The van der Waals surface area contributed by atoms with Crippen molar-refractivity contribution in [1.82, 2.24) is 0 Å². The molecule has 18 heavy (non-hydrogen) atoms. The van der Waals surface area contributed by atoms with Crippen molar-refractivity contribution in [2.75, 3.05) is 18.6 Å². The normalized spacial score (nSPS) is 11.7. The molecule has 102 valence electrons. The number of hydrogen-bond donors (Lipinski definition) is 1. The van der Waals surface area contributed by atoms with Crippen LogP contribution < -0.4 is 5.73 Å². The first-order valence-electron chi connectivity index (χ1n) is 6.38. The second-order valence-electron chi connectivity index (χ2n) is 4.95. The average molecular weight is 269 g/mol. The van der Waals surface area contributed by atoms with Gasteiger partial charge in [-0.1, -0.05) is 23.8 Å².